The lowest BCUT2D eigenvalue weighted by Crippen LogP contribution is -2.52. The van der Waals surface area contributed by atoms with Crippen LogP contribution in [0.2, 0.25) is 5.02 Å². The predicted molar refractivity (Wildman–Crippen MR) is 108 cm³/mol. The van der Waals surface area contributed by atoms with Gasteiger partial charge >= 0.3 is 0 Å². The van der Waals surface area contributed by atoms with Crippen LogP contribution >= 0.6 is 11.6 Å². The molecule has 6 heteroatoms. The fourth-order valence-electron chi connectivity index (χ4n) is 3.97. The first-order valence-corrected chi connectivity index (χ1v) is 10.4. The summed E-state index contributed by atoms with van der Waals surface area (Å²) in [6, 6.07) is 7.67. The number of nitrogens with zero attached hydrogens (tertiary/aromatic N) is 3. The maximum Gasteiger partial charge on any atom is 0.225 e. The van der Waals surface area contributed by atoms with Gasteiger partial charge in [-0.15, -0.1) is 0 Å². The van der Waals surface area contributed by atoms with Crippen molar-refractivity contribution in [2.45, 2.75) is 32.6 Å². The van der Waals surface area contributed by atoms with E-state index in [0.717, 1.165) is 25.2 Å². The Balaban J connectivity index is 1.41. The SMILES string of the molecule is CC(Cc1ccc(Cl)cc1)C(=O)N1CCN(C(=O)CCN2CCCC2)CC1. The molecule has 27 heavy (non-hydrogen) atoms. The Hall–Kier alpha value is -1.59. The van der Waals surface area contributed by atoms with Crippen LogP contribution in [0.15, 0.2) is 24.3 Å². The van der Waals surface area contributed by atoms with Crippen molar-refractivity contribution in [3.63, 3.8) is 0 Å². The fraction of sp³-hybridized carbons (Fsp3) is 0.619. The largest absolute Gasteiger partial charge is 0.339 e. The zero-order valence-electron chi connectivity index (χ0n) is 16.2. The second-order valence-corrected chi connectivity index (χ2v) is 8.17. The first-order valence-electron chi connectivity index (χ1n) is 10.1. The monoisotopic (exact) mass is 391 g/mol. The zero-order chi connectivity index (χ0) is 19.2. The first-order chi connectivity index (χ1) is 13.0. The third-order valence-corrected chi connectivity index (χ3v) is 5.91. The van der Waals surface area contributed by atoms with Gasteiger partial charge in [0.05, 0.1) is 0 Å². The van der Waals surface area contributed by atoms with E-state index in [1.165, 1.54) is 12.8 Å². The summed E-state index contributed by atoms with van der Waals surface area (Å²) in [4.78, 5) is 31.4. The van der Waals surface area contributed by atoms with E-state index in [0.29, 0.717) is 44.0 Å². The molecule has 0 aromatic heterocycles. The normalized spacial score (nSPS) is 19.3. The van der Waals surface area contributed by atoms with Gasteiger partial charge in [-0.3, -0.25) is 9.59 Å². The molecule has 1 unspecified atom stereocenters. The van der Waals surface area contributed by atoms with Crippen LogP contribution in [0.5, 0.6) is 0 Å². The molecule has 2 aliphatic heterocycles. The molecule has 5 nitrogen and oxygen atoms in total. The van der Waals surface area contributed by atoms with Crippen LogP contribution in [0.3, 0.4) is 0 Å². The second kappa shape index (κ2) is 9.56. The smallest absolute Gasteiger partial charge is 0.225 e. The van der Waals surface area contributed by atoms with E-state index in [4.69, 9.17) is 11.6 Å². The molecule has 2 aliphatic rings. The Morgan fingerprint density at radius 3 is 2.19 bits per heavy atom. The van der Waals surface area contributed by atoms with Crippen LogP contribution in [0.25, 0.3) is 0 Å². The van der Waals surface area contributed by atoms with Gasteiger partial charge in [0.25, 0.3) is 0 Å². The highest BCUT2D eigenvalue weighted by molar-refractivity contribution is 6.30. The second-order valence-electron chi connectivity index (χ2n) is 7.74. The minimum Gasteiger partial charge on any atom is -0.339 e. The van der Waals surface area contributed by atoms with Crippen molar-refractivity contribution in [2.75, 3.05) is 45.8 Å². The van der Waals surface area contributed by atoms with Crippen LogP contribution in [-0.4, -0.2) is 72.3 Å². The van der Waals surface area contributed by atoms with E-state index < -0.39 is 0 Å². The summed E-state index contributed by atoms with van der Waals surface area (Å²) in [5.41, 5.74) is 1.12. The van der Waals surface area contributed by atoms with Gasteiger partial charge in [0.15, 0.2) is 0 Å². The molecule has 0 bridgehead atoms. The number of carbonyl (C=O) groups excluding carboxylic acids is 2. The van der Waals surface area contributed by atoms with Gasteiger partial charge in [0.1, 0.15) is 0 Å². The Morgan fingerprint density at radius 2 is 1.56 bits per heavy atom. The average Bonchev–Trinajstić information content (AvgIpc) is 3.21. The zero-order valence-corrected chi connectivity index (χ0v) is 17.0. The van der Waals surface area contributed by atoms with E-state index in [2.05, 4.69) is 4.90 Å². The topological polar surface area (TPSA) is 43.9 Å². The highest BCUT2D eigenvalue weighted by Gasteiger charge is 2.27. The molecule has 0 N–H and O–H groups in total. The summed E-state index contributed by atoms with van der Waals surface area (Å²) in [7, 11) is 0. The number of rotatable bonds is 6. The number of carbonyl (C=O) groups is 2. The number of hydrogen-bond donors (Lipinski definition) is 0. The number of piperazine rings is 1. The van der Waals surface area contributed by atoms with Crippen molar-refractivity contribution in [2.24, 2.45) is 5.92 Å². The molecule has 2 saturated heterocycles. The Morgan fingerprint density at radius 1 is 0.963 bits per heavy atom. The third-order valence-electron chi connectivity index (χ3n) is 5.66. The van der Waals surface area contributed by atoms with Crippen LogP contribution in [0.1, 0.15) is 31.7 Å². The minimum atomic E-state index is -0.0661. The summed E-state index contributed by atoms with van der Waals surface area (Å²) >= 11 is 5.92. The van der Waals surface area contributed by atoms with Gasteiger partial charge in [0, 0.05) is 50.1 Å². The summed E-state index contributed by atoms with van der Waals surface area (Å²) in [5, 5.41) is 0.711. The first kappa shape index (κ1) is 20.2. The number of likely N-dealkylation sites (tertiary alicyclic amines) is 1. The number of amides is 2. The van der Waals surface area contributed by atoms with Crippen LogP contribution < -0.4 is 0 Å². The summed E-state index contributed by atoms with van der Waals surface area (Å²) in [6.45, 7) is 7.68. The van der Waals surface area contributed by atoms with Gasteiger partial charge in [-0.1, -0.05) is 30.7 Å². The van der Waals surface area contributed by atoms with Crippen molar-refractivity contribution >= 4 is 23.4 Å². The number of halogens is 1. The lowest BCUT2D eigenvalue weighted by Gasteiger charge is -2.36. The van der Waals surface area contributed by atoms with Crippen molar-refractivity contribution in [3.05, 3.63) is 34.9 Å². The molecular weight excluding hydrogens is 362 g/mol. The van der Waals surface area contributed by atoms with Gasteiger partial charge in [0.2, 0.25) is 11.8 Å². The summed E-state index contributed by atoms with van der Waals surface area (Å²) in [5.74, 6) is 0.334. The molecule has 1 aromatic carbocycles. The van der Waals surface area contributed by atoms with Gasteiger partial charge < -0.3 is 14.7 Å². The van der Waals surface area contributed by atoms with Crippen molar-refractivity contribution in [3.8, 4) is 0 Å². The van der Waals surface area contributed by atoms with E-state index in [1.54, 1.807) is 0 Å². The molecule has 2 amide bonds. The summed E-state index contributed by atoms with van der Waals surface area (Å²) < 4.78 is 0. The lowest BCUT2D eigenvalue weighted by atomic mass is 9.99. The van der Waals surface area contributed by atoms with Crippen LogP contribution in [0.4, 0.5) is 0 Å². The Bertz CT molecular complexity index is 635. The molecule has 3 rings (SSSR count). The standard InChI is InChI=1S/C21H30ClN3O2/c1-17(16-18-4-6-19(22)7-5-18)21(27)25-14-12-24(13-15-25)20(26)8-11-23-9-2-3-10-23/h4-7,17H,2-3,8-16H2,1H3. The molecular formula is C21H30ClN3O2. The van der Waals surface area contributed by atoms with Crippen molar-refractivity contribution < 1.29 is 9.59 Å². The molecule has 0 spiro atoms. The molecule has 0 aliphatic carbocycles. The van der Waals surface area contributed by atoms with Crippen LogP contribution in [0, 0.1) is 5.92 Å². The van der Waals surface area contributed by atoms with Gasteiger partial charge in [-0.25, -0.2) is 0 Å². The van der Waals surface area contributed by atoms with Gasteiger partial charge in [-0.05, 0) is 50.0 Å². The molecule has 0 saturated carbocycles. The fourth-order valence-corrected chi connectivity index (χ4v) is 4.09. The molecule has 2 heterocycles. The molecule has 0 radical (unpaired) electrons. The Kier molecular flexibility index (Phi) is 7.13. The van der Waals surface area contributed by atoms with Crippen molar-refractivity contribution in [1.82, 2.24) is 14.7 Å². The predicted octanol–water partition coefficient (Wildman–Crippen LogP) is 2.68. The summed E-state index contributed by atoms with van der Waals surface area (Å²) in [6.07, 6.45) is 3.82. The minimum absolute atomic E-state index is 0.0661. The molecule has 1 aromatic rings. The van der Waals surface area contributed by atoms with E-state index in [1.807, 2.05) is 41.0 Å². The highest BCUT2D eigenvalue weighted by Crippen LogP contribution is 2.16. The molecule has 148 valence electrons. The van der Waals surface area contributed by atoms with E-state index >= 15 is 0 Å². The average molecular weight is 392 g/mol. The number of hydrogen-bond acceptors (Lipinski definition) is 3. The number of benzene rings is 1. The molecule has 2 fully saturated rings. The highest BCUT2D eigenvalue weighted by atomic mass is 35.5. The lowest BCUT2D eigenvalue weighted by molar-refractivity contribution is -0.141. The quantitative estimate of drug-likeness (QED) is 0.748. The van der Waals surface area contributed by atoms with E-state index in [-0.39, 0.29) is 17.7 Å². The van der Waals surface area contributed by atoms with Crippen molar-refractivity contribution in [1.29, 1.82) is 0 Å². The van der Waals surface area contributed by atoms with E-state index in [9.17, 15) is 9.59 Å². The van der Waals surface area contributed by atoms with Crippen LogP contribution in [-0.2, 0) is 16.0 Å². The maximum absolute atomic E-state index is 12.7. The third kappa shape index (κ3) is 5.69. The maximum atomic E-state index is 12.7. The Labute approximate surface area is 167 Å². The van der Waals surface area contributed by atoms with Gasteiger partial charge in [-0.2, -0.15) is 0 Å². The molecule has 1 atom stereocenters.